The number of carbonyl (C=O) groups is 2. The molecule has 0 aliphatic rings. The summed E-state index contributed by atoms with van der Waals surface area (Å²) >= 11 is 0. The quantitative estimate of drug-likeness (QED) is 0.334. The molecule has 1 unspecified atom stereocenters. The molecule has 1 atom stereocenters. The number of unbranched alkanes of at least 4 members (excludes halogenated alkanes) is 4. The van der Waals surface area contributed by atoms with Crippen molar-refractivity contribution in [2.75, 3.05) is 23.8 Å². The maximum Gasteiger partial charge on any atom is 0.251 e. The molecule has 0 radical (unpaired) electrons. The van der Waals surface area contributed by atoms with Gasteiger partial charge in [0.05, 0.1) is 13.2 Å². The first kappa shape index (κ1) is 25.2. The molecule has 0 saturated carbocycles. The highest BCUT2D eigenvalue weighted by molar-refractivity contribution is 5.96. The monoisotopic (exact) mass is 439 g/mol. The molecule has 0 fully saturated rings. The van der Waals surface area contributed by atoms with E-state index in [1.807, 2.05) is 38.1 Å². The maximum atomic E-state index is 12.3. The fourth-order valence-corrected chi connectivity index (χ4v) is 3.09. The van der Waals surface area contributed by atoms with E-state index in [2.05, 4.69) is 22.9 Å². The average molecular weight is 440 g/mol. The molecule has 2 amide bonds. The second kappa shape index (κ2) is 14.1. The van der Waals surface area contributed by atoms with Gasteiger partial charge < -0.3 is 20.7 Å². The number of amides is 2. The zero-order chi connectivity index (χ0) is 23.2. The highest BCUT2D eigenvalue weighted by Gasteiger charge is 2.09. The van der Waals surface area contributed by atoms with E-state index in [4.69, 9.17) is 4.74 Å². The van der Waals surface area contributed by atoms with Crippen LogP contribution >= 0.6 is 0 Å². The molecule has 6 nitrogen and oxygen atoms in total. The van der Waals surface area contributed by atoms with E-state index < -0.39 is 0 Å². The summed E-state index contributed by atoms with van der Waals surface area (Å²) < 4.78 is 5.82. The van der Waals surface area contributed by atoms with Gasteiger partial charge in [0.2, 0.25) is 5.91 Å². The Bertz CT molecular complexity index is 836. The van der Waals surface area contributed by atoms with Crippen molar-refractivity contribution in [3.8, 4) is 5.75 Å². The van der Waals surface area contributed by atoms with E-state index >= 15 is 0 Å². The third-order valence-corrected chi connectivity index (χ3v) is 5.22. The smallest absolute Gasteiger partial charge is 0.251 e. The van der Waals surface area contributed by atoms with Crippen LogP contribution in [0.2, 0.25) is 0 Å². The lowest BCUT2D eigenvalue weighted by atomic mass is 10.1. The van der Waals surface area contributed by atoms with Crippen molar-refractivity contribution in [1.82, 2.24) is 5.32 Å². The SMILES string of the molecule is CCCCCCCOc1cccc(NCC(=O)Nc2ccc(C(=O)NC(C)CC)cc2)c1. The molecule has 6 heteroatoms. The standard InChI is InChI=1S/C26H37N3O3/c1-4-6-7-8-9-17-32-24-12-10-11-23(18-24)27-19-25(30)29-22-15-13-21(14-16-22)26(31)28-20(3)5-2/h10-16,18,20,27H,4-9,17,19H2,1-3H3,(H,28,31)(H,29,30). The summed E-state index contributed by atoms with van der Waals surface area (Å²) in [6.07, 6.45) is 6.89. The summed E-state index contributed by atoms with van der Waals surface area (Å²) in [5, 5.41) is 8.89. The van der Waals surface area contributed by atoms with Gasteiger partial charge >= 0.3 is 0 Å². The minimum Gasteiger partial charge on any atom is -0.494 e. The molecule has 0 aliphatic heterocycles. The Kier molecular flexibility index (Phi) is 11.1. The minimum absolute atomic E-state index is 0.109. The molecule has 174 valence electrons. The Morgan fingerprint density at radius 2 is 1.69 bits per heavy atom. The van der Waals surface area contributed by atoms with E-state index in [1.165, 1.54) is 25.7 Å². The maximum absolute atomic E-state index is 12.3. The van der Waals surface area contributed by atoms with Crippen LogP contribution in [-0.4, -0.2) is 31.0 Å². The first-order valence-corrected chi connectivity index (χ1v) is 11.7. The van der Waals surface area contributed by atoms with Gasteiger partial charge in [0.25, 0.3) is 5.91 Å². The summed E-state index contributed by atoms with van der Waals surface area (Å²) in [6, 6.07) is 14.7. The highest BCUT2D eigenvalue weighted by atomic mass is 16.5. The van der Waals surface area contributed by atoms with Gasteiger partial charge in [0.15, 0.2) is 0 Å². The molecule has 2 aromatic carbocycles. The van der Waals surface area contributed by atoms with Crippen molar-refractivity contribution < 1.29 is 14.3 Å². The van der Waals surface area contributed by atoms with Crippen LogP contribution in [0.4, 0.5) is 11.4 Å². The van der Waals surface area contributed by atoms with E-state index in [0.717, 1.165) is 24.3 Å². The molecule has 3 N–H and O–H groups in total. The van der Waals surface area contributed by atoms with Crippen LogP contribution in [0.1, 0.15) is 69.7 Å². The van der Waals surface area contributed by atoms with Crippen molar-refractivity contribution in [2.24, 2.45) is 0 Å². The largest absolute Gasteiger partial charge is 0.494 e. The molecule has 2 aromatic rings. The number of benzene rings is 2. The van der Waals surface area contributed by atoms with E-state index in [9.17, 15) is 9.59 Å². The van der Waals surface area contributed by atoms with Gasteiger partial charge in [-0.3, -0.25) is 9.59 Å². The van der Waals surface area contributed by atoms with Crippen LogP contribution in [0.25, 0.3) is 0 Å². The molecule has 0 saturated heterocycles. The van der Waals surface area contributed by atoms with Crippen LogP contribution in [0.15, 0.2) is 48.5 Å². The van der Waals surface area contributed by atoms with Crippen molar-refractivity contribution in [1.29, 1.82) is 0 Å². The fourth-order valence-electron chi connectivity index (χ4n) is 3.09. The molecule has 0 bridgehead atoms. The van der Waals surface area contributed by atoms with Crippen molar-refractivity contribution in [3.63, 3.8) is 0 Å². The van der Waals surface area contributed by atoms with Crippen LogP contribution in [-0.2, 0) is 4.79 Å². The van der Waals surface area contributed by atoms with Crippen LogP contribution in [0, 0.1) is 0 Å². The molecule has 32 heavy (non-hydrogen) atoms. The number of anilines is 2. The predicted octanol–water partition coefficient (Wildman–Crippen LogP) is 5.61. The van der Waals surface area contributed by atoms with Crippen LogP contribution in [0.3, 0.4) is 0 Å². The lowest BCUT2D eigenvalue weighted by molar-refractivity contribution is -0.114. The Labute approximate surface area is 192 Å². The summed E-state index contributed by atoms with van der Waals surface area (Å²) in [5.41, 5.74) is 2.06. The highest BCUT2D eigenvalue weighted by Crippen LogP contribution is 2.18. The van der Waals surface area contributed by atoms with Gasteiger partial charge in [-0.25, -0.2) is 0 Å². The Hall–Kier alpha value is -3.02. The number of carbonyl (C=O) groups excluding carboxylic acids is 2. The summed E-state index contributed by atoms with van der Waals surface area (Å²) in [6.45, 7) is 7.04. The third kappa shape index (κ3) is 9.41. The van der Waals surface area contributed by atoms with Crippen LogP contribution in [0.5, 0.6) is 5.75 Å². The summed E-state index contributed by atoms with van der Waals surface area (Å²) in [5.74, 6) is 0.531. The second-order valence-corrected chi connectivity index (χ2v) is 8.05. The molecule has 2 rings (SSSR count). The normalized spacial score (nSPS) is 11.5. The lowest BCUT2D eigenvalue weighted by Crippen LogP contribution is -2.31. The van der Waals surface area contributed by atoms with Gasteiger partial charge in [-0.1, -0.05) is 45.6 Å². The topological polar surface area (TPSA) is 79.5 Å². The minimum atomic E-state index is -0.163. The first-order chi connectivity index (χ1) is 15.5. The molecule has 0 aliphatic carbocycles. The summed E-state index contributed by atoms with van der Waals surface area (Å²) in [4.78, 5) is 24.4. The number of hydrogen-bond donors (Lipinski definition) is 3. The predicted molar refractivity (Wildman–Crippen MR) is 131 cm³/mol. The van der Waals surface area contributed by atoms with E-state index in [1.54, 1.807) is 24.3 Å². The van der Waals surface area contributed by atoms with E-state index in [0.29, 0.717) is 17.9 Å². The summed E-state index contributed by atoms with van der Waals surface area (Å²) in [7, 11) is 0. The Morgan fingerprint density at radius 3 is 2.41 bits per heavy atom. The second-order valence-electron chi connectivity index (χ2n) is 8.05. The van der Waals surface area contributed by atoms with Crippen molar-refractivity contribution >= 4 is 23.2 Å². The van der Waals surface area contributed by atoms with E-state index in [-0.39, 0.29) is 24.4 Å². The number of ether oxygens (including phenoxy) is 1. The molecular formula is C26H37N3O3. The van der Waals surface area contributed by atoms with Gasteiger partial charge in [0.1, 0.15) is 5.75 Å². The van der Waals surface area contributed by atoms with Crippen LogP contribution < -0.4 is 20.7 Å². The zero-order valence-corrected chi connectivity index (χ0v) is 19.6. The number of nitrogens with one attached hydrogen (secondary N) is 3. The van der Waals surface area contributed by atoms with Gasteiger partial charge in [-0.05, 0) is 56.2 Å². The number of rotatable bonds is 14. The van der Waals surface area contributed by atoms with Crippen molar-refractivity contribution in [3.05, 3.63) is 54.1 Å². The molecule has 0 aromatic heterocycles. The van der Waals surface area contributed by atoms with Gasteiger partial charge in [0, 0.05) is 29.0 Å². The van der Waals surface area contributed by atoms with Gasteiger partial charge in [-0.15, -0.1) is 0 Å². The zero-order valence-electron chi connectivity index (χ0n) is 19.6. The lowest BCUT2D eigenvalue weighted by Gasteiger charge is -2.12. The Balaban J connectivity index is 1.75. The average Bonchev–Trinajstić information content (AvgIpc) is 2.80. The van der Waals surface area contributed by atoms with Gasteiger partial charge in [-0.2, -0.15) is 0 Å². The third-order valence-electron chi connectivity index (χ3n) is 5.22. The Morgan fingerprint density at radius 1 is 0.938 bits per heavy atom. The number of hydrogen-bond acceptors (Lipinski definition) is 4. The first-order valence-electron chi connectivity index (χ1n) is 11.7. The molecule has 0 heterocycles. The molecule has 0 spiro atoms. The molecular weight excluding hydrogens is 402 g/mol. The van der Waals surface area contributed by atoms with Crippen molar-refractivity contribution in [2.45, 2.75) is 65.3 Å². The fraction of sp³-hybridized carbons (Fsp3) is 0.462.